The van der Waals surface area contributed by atoms with Crippen LogP contribution in [0.3, 0.4) is 0 Å². The summed E-state index contributed by atoms with van der Waals surface area (Å²) in [5, 5.41) is 2.88. The van der Waals surface area contributed by atoms with Crippen molar-refractivity contribution in [2.45, 2.75) is 45.2 Å². The molecule has 0 aromatic carbocycles. The number of amides is 1. The average molecular weight is 214 g/mol. The molecule has 88 valence electrons. The molecule has 1 saturated heterocycles. The first-order valence-electron chi connectivity index (χ1n) is 5.72. The highest BCUT2D eigenvalue weighted by molar-refractivity contribution is 5.67. The number of rotatable bonds is 2. The van der Waals surface area contributed by atoms with Crippen LogP contribution in [0.15, 0.2) is 0 Å². The summed E-state index contributed by atoms with van der Waals surface area (Å²) in [6.45, 7) is 6.63. The molecule has 1 aliphatic rings. The molecule has 4 nitrogen and oxygen atoms in total. The Balaban J connectivity index is 2.35. The van der Waals surface area contributed by atoms with E-state index in [1.165, 1.54) is 7.11 Å². The zero-order chi connectivity index (χ0) is 11.3. The number of likely N-dealkylation sites (tertiary alicyclic amines) is 1. The third-order valence-electron chi connectivity index (χ3n) is 3.00. The second kappa shape index (κ2) is 5.95. The SMILES string of the molecule is COC(=O)NC1CCCN(C(C)C)CC1. The number of hydrogen-bond donors (Lipinski definition) is 1. The van der Waals surface area contributed by atoms with Crippen molar-refractivity contribution in [1.29, 1.82) is 0 Å². The van der Waals surface area contributed by atoms with E-state index in [-0.39, 0.29) is 12.1 Å². The number of nitrogens with one attached hydrogen (secondary N) is 1. The second-order valence-electron chi connectivity index (χ2n) is 4.39. The molecule has 15 heavy (non-hydrogen) atoms. The number of carbonyl (C=O) groups excluding carboxylic acids is 1. The highest BCUT2D eigenvalue weighted by Gasteiger charge is 2.19. The Labute approximate surface area is 92.0 Å². The first kappa shape index (κ1) is 12.3. The number of nitrogens with zero attached hydrogens (tertiary/aromatic N) is 1. The summed E-state index contributed by atoms with van der Waals surface area (Å²) in [5.74, 6) is 0. The lowest BCUT2D eigenvalue weighted by molar-refractivity contribution is 0.165. The smallest absolute Gasteiger partial charge is 0.407 e. The summed E-state index contributed by atoms with van der Waals surface area (Å²) < 4.78 is 4.60. The molecule has 0 spiro atoms. The molecule has 0 radical (unpaired) electrons. The Morgan fingerprint density at radius 2 is 2.13 bits per heavy atom. The normalized spacial score (nSPS) is 23.6. The van der Waals surface area contributed by atoms with Crippen molar-refractivity contribution in [3.05, 3.63) is 0 Å². The lowest BCUT2D eigenvalue weighted by Gasteiger charge is -2.24. The molecule has 1 unspecified atom stereocenters. The molecule has 0 aromatic rings. The molecule has 0 aromatic heterocycles. The van der Waals surface area contributed by atoms with E-state index in [1.54, 1.807) is 0 Å². The van der Waals surface area contributed by atoms with Crippen molar-refractivity contribution >= 4 is 6.09 Å². The van der Waals surface area contributed by atoms with Gasteiger partial charge in [-0.15, -0.1) is 0 Å². The van der Waals surface area contributed by atoms with E-state index in [0.29, 0.717) is 6.04 Å². The van der Waals surface area contributed by atoms with Crippen LogP contribution in [0.1, 0.15) is 33.1 Å². The van der Waals surface area contributed by atoms with Crippen LogP contribution in [0.2, 0.25) is 0 Å². The first-order valence-corrected chi connectivity index (χ1v) is 5.72. The Hall–Kier alpha value is -0.770. The molecular formula is C11H22N2O2. The van der Waals surface area contributed by atoms with E-state index in [1.807, 2.05) is 0 Å². The minimum Gasteiger partial charge on any atom is -0.453 e. The maximum Gasteiger partial charge on any atom is 0.407 e. The minimum absolute atomic E-state index is 0.279. The van der Waals surface area contributed by atoms with Gasteiger partial charge in [0.05, 0.1) is 7.11 Å². The van der Waals surface area contributed by atoms with Gasteiger partial charge in [0.2, 0.25) is 0 Å². The summed E-state index contributed by atoms with van der Waals surface area (Å²) in [5.41, 5.74) is 0. The summed E-state index contributed by atoms with van der Waals surface area (Å²) >= 11 is 0. The van der Waals surface area contributed by atoms with Gasteiger partial charge in [0.25, 0.3) is 0 Å². The standard InChI is InChI=1S/C11H22N2O2/c1-9(2)13-7-4-5-10(6-8-13)12-11(14)15-3/h9-10H,4-8H2,1-3H3,(H,12,14). The summed E-state index contributed by atoms with van der Waals surface area (Å²) in [7, 11) is 1.41. The molecule has 1 heterocycles. The molecule has 1 atom stereocenters. The van der Waals surface area contributed by atoms with E-state index in [2.05, 4.69) is 28.8 Å². The van der Waals surface area contributed by atoms with Gasteiger partial charge in [-0.2, -0.15) is 0 Å². The highest BCUT2D eigenvalue weighted by atomic mass is 16.5. The monoisotopic (exact) mass is 214 g/mol. The van der Waals surface area contributed by atoms with Crippen LogP contribution < -0.4 is 5.32 Å². The number of ether oxygens (including phenoxy) is 1. The van der Waals surface area contributed by atoms with Gasteiger partial charge in [0, 0.05) is 18.6 Å². The lowest BCUT2D eigenvalue weighted by atomic mass is 10.1. The van der Waals surface area contributed by atoms with E-state index >= 15 is 0 Å². The summed E-state index contributed by atoms with van der Waals surface area (Å²) in [6, 6.07) is 0.878. The quantitative estimate of drug-likeness (QED) is 0.759. The molecule has 4 heteroatoms. The average Bonchev–Trinajstić information content (AvgIpc) is 2.43. The number of alkyl carbamates (subject to hydrolysis) is 1. The van der Waals surface area contributed by atoms with Crippen LogP contribution in [-0.4, -0.2) is 43.3 Å². The predicted octanol–water partition coefficient (Wildman–Crippen LogP) is 1.61. The van der Waals surface area contributed by atoms with Gasteiger partial charge in [-0.1, -0.05) is 0 Å². The van der Waals surface area contributed by atoms with Gasteiger partial charge in [-0.05, 0) is 39.7 Å². The molecule has 1 N–H and O–H groups in total. The Morgan fingerprint density at radius 3 is 2.73 bits per heavy atom. The minimum atomic E-state index is -0.307. The van der Waals surface area contributed by atoms with Crippen molar-refractivity contribution in [2.75, 3.05) is 20.2 Å². The second-order valence-corrected chi connectivity index (χ2v) is 4.39. The first-order chi connectivity index (χ1) is 7.13. The maximum absolute atomic E-state index is 11.1. The molecule has 0 bridgehead atoms. The Morgan fingerprint density at radius 1 is 1.40 bits per heavy atom. The topological polar surface area (TPSA) is 41.6 Å². The zero-order valence-corrected chi connectivity index (χ0v) is 9.95. The van der Waals surface area contributed by atoms with Crippen LogP contribution in [0, 0.1) is 0 Å². The zero-order valence-electron chi connectivity index (χ0n) is 9.95. The van der Waals surface area contributed by atoms with E-state index in [0.717, 1.165) is 32.4 Å². The van der Waals surface area contributed by atoms with Crippen LogP contribution in [0.25, 0.3) is 0 Å². The van der Waals surface area contributed by atoms with Crippen molar-refractivity contribution in [3.8, 4) is 0 Å². The fourth-order valence-corrected chi connectivity index (χ4v) is 2.00. The van der Waals surface area contributed by atoms with Crippen LogP contribution >= 0.6 is 0 Å². The van der Waals surface area contributed by atoms with Crippen molar-refractivity contribution in [1.82, 2.24) is 10.2 Å². The number of hydrogen-bond acceptors (Lipinski definition) is 3. The predicted molar refractivity (Wildman–Crippen MR) is 59.9 cm³/mol. The fourth-order valence-electron chi connectivity index (χ4n) is 2.00. The summed E-state index contributed by atoms with van der Waals surface area (Å²) in [6.07, 6.45) is 2.91. The van der Waals surface area contributed by atoms with Crippen LogP contribution in [-0.2, 0) is 4.74 Å². The highest BCUT2D eigenvalue weighted by Crippen LogP contribution is 2.13. The van der Waals surface area contributed by atoms with E-state index in [4.69, 9.17) is 0 Å². The third-order valence-corrected chi connectivity index (χ3v) is 3.00. The largest absolute Gasteiger partial charge is 0.453 e. The lowest BCUT2D eigenvalue weighted by Crippen LogP contribution is -2.36. The van der Waals surface area contributed by atoms with Gasteiger partial charge in [0.15, 0.2) is 0 Å². The van der Waals surface area contributed by atoms with Crippen molar-refractivity contribution in [2.24, 2.45) is 0 Å². The molecule has 0 aliphatic carbocycles. The molecule has 1 rings (SSSR count). The van der Waals surface area contributed by atoms with Crippen LogP contribution in [0.4, 0.5) is 4.79 Å². The maximum atomic E-state index is 11.1. The van der Waals surface area contributed by atoms with Gasteiger partial charge >= 0.3 is 6.09 Å². The number of carbonyl (C=O) groups is 1. The molecular weight excluding hydrogens is 192 g/mol. The Bertz CT molecular complexity index is 207. The fraction of sp³-hybridized carbons (Fsp3) is 0.909. The van der Waals surface area contributed by atoms with E-state index < -0.39 is 0 Å². The summed E-state index contributed by atoms with van der Waals surface area (Å²) in [4.78, 5) is 13.5. The van der Waals surface area contributed by atoms with E-state index in [9.17, 15) is 4.79 Å². The van der Waals surface area contributed by atoms with Gasteiger partial charge in [0.1, 0.15) is 0 Å². The molecule has 0 saturated carbocycles. The van der Waals surface area contributed by atoms with Crippen molar-refractivity contribution < 1.29 is 9.53 Å². The van der Waals surface area contributed by atoms with Gasteiger partial charge in [-0.25, -0.2) is 4.79 Å². The third kappa shape index (κ3) is 4.08. The Kier molecular flexibility index (Phi) is 4.88. The molecule has 1 amide bonds. The van der Waals surface area contributed by atoms with Crippen molar-refractivity contribution in [3.63, 3.8) is 0 Å². The van der Waals surface area contributed by atoms with Gasteiger partial charge in [-0.3, -0.25) is 0 Å². The molecule has 1 fully saturated rings. The van der Waals surface area contributed by atoms with Crippen LogP contribution in [0.5, 0.6) is 0 Å². The number of methoxy groups -OCH3 is 1. The van der Waals surface area contributed by atoms with Gasteiger partial charge < -0.3 is 15.0 Å². The molecule has 1 aliphatic heterocycles.